The number of methoxy groups -OCH3 is 1. The minimum Gasteiger partial charge on any atom is -0.496 e. The summed E-state index contributed by atoms with van der Waals surface area (Å²) in [7, 11) is 1.51. The van der Waals surface area contributed by atoms with Gasteiger partial charge in [0.2, 0.25) is 5.91 Å². The predicted octanol–water partition coefficient (Wildman–Crippen LogP) is 1.22. The summed E-state index contributed by atoms with van der Waals surface area (Å²) in [6.45, 7) is 3.13. The molecular formula is C15H21N3O3. The van der Waals surface area contributed by atoms with Crippen molar-refractivity contribution in [3.63, 3.8) is 0 Å². The van der Waals surface area contributed by atoms with Crippen LogP contribution in [0.3, 0.4) is 0 Å². The maximum atomic E-state index is 11.3. The molecular weight excluding hydrogens is 270 g/mol. The van der Waals surface area contributed by atoms with Crippen LogP contribution in [0.25, 0.3) is 0 Å². The number of nitrogens with one attached hydrogen (secondary N) is 1. The second-order valence-electron chi connectivity index (χ2n) is 5.20. The Bertz CT molecular complexity index is 537. The molecule has 2 rings (SSSR count). The lowest BCUT2D eigenvalue weighted by molar-refractivity contribution is -0.129. The molecule has 0 aromatic heterocycles. The van der Waals surface area contributed by atoms with Crippen LogP contribution in [0, 0.1) is 0 Å². The molecule has 1 aromatic rings. The van der Waals surface area contributed by atoms with Crippen molar-refractivity contribution >= 4 is 17.5 Å². The van der Waals surface area contributed by atoms with Gasteiger partial charge in [0.25, 0.3) is 5.91 Å². The number of ether oxygens (including phenoxy) is 1. The maximum absolute atomic E-state index is 11.3. The number of primary amides is 1. The van der Waals surface area contributed by atoms with Gasteiger partial charge in [0.05, 0.1) is 12.7 Å². The van der Waals surface area contributed by atoms with Crippen LogP contribution in [0.15, 0.2) is 18.2 Å². The van der Waals surface area contributed by atoms with E-state index in [0.717, 1.165) is 31.6 Å². The molecule has 6 heteroatoms. The van der Waals surface area contributed by atoms with Gasteiger partial charge in [-0.3, -0.25) is 9.59 Å². The number of carbonyl (C=O) groups excluding carboxylic acids is 2. The average Bonchev–Trinajstić information content (AvgIpc) is 2.47. The quantitative estimate of drug-likeness (QED) is 0.873. The molecule has 1 saturated heterocycles. The summed E-state index contributed by atoms with van der Waals surface area (Å²) in [6.07, 6.45) is 1.80. The highest BCUT2D eigenvalue weighted by Gasteiger charge is 2.20. The summed E-state index contributed by atoms with van der Waals surface area (Å²) in [4.78, 5) is 24.4. The maximum Gasteiger partial charge on any atom is 0.252 e. The molecule has 0 unspecified atom stereocenters. The second kappa shape index (κ2) is 6.47. The van der Waals surface area contributed by atoms with Crippen molar-refractivity contribution in [1.82, 2.24) is 4.90 Å². The Morgan fingerprint density at radius 2 is 2.00 bits per heavy atom. The van der Waals surface area contributed by atoms with E-state index in [1.807, 2.05) is 11.0 Å². The highest BCUT2D eigenvalue weighted by molar-refractivity contribution is 5.96. The van der Waals surface area contributed by atoms with Gasteiger partial charge in [-0.05, 0) is 25.0 Å². The molecule has 0 bridgehead atoms. The summed E-state index contributed by atoms with van der Waals surface area (Å²) in [6, 6.07) is 5.57. The number of anilines is 1. The van der Waals surface area contributed by atoms with Crippen LogP contribution in [0.2, 0.25) is 0 Å². The minimum atomic E-state index is -0.506. The van der Waals surface area contributed by atoms with Gasteiger partial charge in [-0.1, -0.05) is 0 Å². The fourth-order valence-electron chi connectivity index (χ4n) is 2.56. The van der Waals surface area contributed by atoms with Gasteiger partial charge in [-0.15, -0.1) is 0 Å². The number of benzene rings is 1. The second-order valence-corrected chi connectivity index (χ2v) is 5.20. The van der Waals surface area contributed by atoms with Gasteiger partial charge in [-0.25, -0.2) is 0 Å². The monoisotopic (exact) mass is 291 g/mol. The third-order valence-corrected chi connectivity index (χ3v) is 3.78. The van der Waals surface area contributed by atoms with Crippen LogP contribution in [-0.2, 0) is 4.79 Å². The lowest BCUT2D eigenvalue weighted by atomic mass is 10.0. The van der Waals surface area contributed by atoms with Gasteiger partial charge in [0.1, 0.15) is 5.75 Å². The van der Waals surface area contributed by atoms with Crippen LogP contribution < -0.4 is 15.8 Å². The molecule has 1 aliphatic rings. The zero-order valence-electron chi connectivity index (χ0n) is 12.4. The number of nitrogens with two attached hydrogens (primary N) is 1. The molecule has 21 heavy (non-hydrogen) atoms. The number of hydrogen-bond acceptors (Lipinski definition) is 4. The number of nitrogens with zero attached hydrogens (tertiary/aromatic N) is 1. The lowest BCUT2D eigenvalue weighted by Crippen LogP contribution is -2.41. The fourth-order valence-corrected chi connectivity index (χ4v) is 2.56. The molecule has 1 aromatic carbocycles. The number of likely N-dealkylation sites (tertiary alicyclic amines) is 1. The van der Waals surface area contributed by atoms with E-state index in [9.17, 15) is 9.59 Å². The first kappa shape index (κ1) is 15.2. The van der Waals surface area contributed by atoms with E-state index in [0.29, 0.717) is 17.4 Å². The summed E-state index contributed by atoms with van der Waals surface area (Å²) in [5.41, 5.74) is 6.55. The highest BCUT2D eigenvalue weighted by Crippen LogP contribution is 2.24. The standard InChI is InChI=1S/C15H21N3O3/c1-10(19)18-7-5-11(6-8-18)17-12-3-4-13(15(16)20)14(9-12)21-2/h3-4,9,11,17H,5-8H2,1-2H3,(H2,16,20). The first-order chi connectivity index (χ1) is 10.0. The Morgan fingerprint density at radius 3 is 2.52 bits per heavy atom. The van der Waals surface area contributed by atoms with E-state index in [2.05, 4.69) is 5.32 Å². The average molecular weight is 291 g/mol. The van der Waals surface area contributed by atoms with Crippen molar-refractivity contribution in [2.75, 3.05) is 25.5 Å². The number of rotatable bonds is 4. The smallest absolute Gasteiger partial charge is 0.252 e. The highest BCUT2D eigenvalue weighted by atomic mass is 16.5. The molecule has 2 amide bonds. The molecule has 0 spiro atoms. The topological polar surface area (TPSA) is 84.7 Å². The molecule has 0 saturated carbocycles. The summed E-state index contributed by atoms with van der Waals surface area (Å²) < 4.78 is 5.19. The Labute approximate surface area is 124 Å². The fraction of sp³-hybridized carbons (Fsp3) is 0.467. The first-order valence-electron chi connectivity index (χ1n) is 7.01. The van der Waals surface area contributed by atoms with Crippen molar-refractivity contribution < 1.29 is 14.3 Å². The van der Waals surface area contributed by atoms with Crippen LogP contribution in [0.1, 0.15) is 30.1 Å². The van der Waals surface area contributed by atoms with Crippen LogP contribution >= 0.6 is 0 Å². The number of piperidine rings is 1. The van der Waals surface area contributed by atoms with Crippen molar-refractivity contribution in [2.45, 2.75) is 25.8 Å². The van der Waals surface area contributed by atoms with Gasteiger partial charge in [0, 0.05) is 37.8 Å². The van der Waals surface area contributed by atoms with Crippen molar-refractivity contribution in [1.29, 1.82) is 0 Å². The summed E-state index contributed by atoms with van der Waals surface area (Å²) >= 11 is 0. The Kier molecular flexibility index (Phi) is 4.67. The Balaban J connectivity index is 2.01. The number of hydrogen-bond donors (Lipinski definition) is 2. The summed E-state index contributed by atoms with van der Waals surface area (Å²) in [5.74, 6) is 0.0859. The molecule has 6 nitrogen and oxygen atoms in total. The molecule has 0 aliphatic carbocycles. The summed E-state index contributed by atoms with van der Waals surface area (Å²) in [5, 5.41) is 3.41. The molecule has 0 atom stereocenters. The minimum absolute atomic E-state index is 0.126. The molecule has 1 heterocycles. The van der Waals surface area contributed by atoms with E-state index in [-0.39, 0.29) is 5.91 Å². The molecule has 1 aliphatic heterocycles. The molecule has 0 radical (unpaired) electrons. The van der Waals surface area contributed by atoms with Crippen molar-refractivity contribution in [3.8, 4) is 5.75 Å². The zero-order valence-corrected chi connectivity index (χ0v) is 12.4. The largest absolute Gasteiger partial charge is 0.496 e. The van der Waals surface area contributed by atoms with Crippen molar-refractivity contribution in [2.24, 2.45) is 5.73 Å². The van der Waals surface area contributed by atoms with Crippen LogP contribution in [-0.4, -0.2) is 43.0 Å². The molecule has 1 fully saturated rings. The number of carbonyl (C=O) groups is 2. The van der Waals surface area contributed by atoms with Crippen molar-refractivity contribution in [3.05, 3.63) is 23.8 Å². The van der Waals surface area contributed by atoms with Gasteiger partial charge in [0.15, 0.2) is 0 Å². The van der Waals surface area contributed by atoms with E-state index in [1.54, 1.807) is 19.1 Å². The zero-order chi connectivity index (χ0) is 15.4. The molecule has 3 N–H and O–H groups in total. The van der Waals surface area contributed by atoms with Crippen LogP contribution in [0.5, 0.6) is 5.75 Å². The van der Waals surface area contributed by atoms with Gasteiger partial charge >= 0.3 is 0 Å². The Hall–Kier alpha value is -2.24. The SMILES string of the molecule is COc1cc(NC2CCN(C(C)=O)CC2)ccc1C(N)=O. The van der Waals surface area contributed by atoms with Gasteiger partial charge < -0.3 is 20.7 Å². The number of amides is 2. The third kappa shape index (κ3) is 3.65. The van der Waals surface area contributed by atoms with E-state index < -0.39 is 5.91 Å². The van der Waals surface area contributed by atoms with E-state index >= 15 is 0 Å². The molecule has 114 valence electrons. The lowest BCUT2D eigenvalue weighted by Gasteiger charge is -2.32. The first-order valence-corrected chi connectivity index (χ1v) is 7.01. The predicted molar refractivity (Wildman–Crippen MR) is 80.4 cm³/mol. The van der Waals surface area contributed by atoms with Gasteiger partial charge in [-0.2, -0.15) is 0 Å². The Morgan fingerprint density at radius 1 is 1.33 bits per heavy atom. The normalized spacial score (nSPS) is 15.6. The van der Waals surface area contributed by atoms with E-state index in [4.69, 9.17) is 10.5 Å². The van der Waals surface area contributed by atoms with Crippen LogP contribution in [0.4, 0.5) is 5.69 Å². The third-order valence-electron chi connectivity index (χ3n) is 3.78. The van der Waals surface area contributed by atoms with E-state index in [1.165, 1.54) is 7.11 Å².